The van der Waals surface area contributed by atoms with Gasteiger partial charge in [-0.25, -0.2) is 0 Å². The van der Waals surface area contributed by atoms with Crippen LogP contribution in [0.2, 0.25) is 5.02 Å². The molecule has 2 aromatic rings. The van der Waals surface area contributed by atoms with Crippen molar-refractivity contribution < 1.29 is 4.79 Å². The summed E-state index contributed by atoms with van der Waals surface area (Å²) in [5.41, 5.74) is 1.35. The van der Waals surface area contributed by atoms with Crippen LogP contribution < -0.4 is 10.6 Å². The summed E-state index contributed by atoms with van der Waals surface area (Å²) in [6.45, 7) is 4.89. The van der Waals surface area contributed by atoms with Gasteiger partial charge in [0.15, 0.2) is 0 Å². The predicted octanol–water partition coefficient (Wildman–Crippen LogP) is 3.01. The van der Waals surface area contributed by atoms with Crippen LogP contribution in [0.25, 0.3) is 0 Å². The summed E-state index contributed by atoms with van der Waals surface area (Å²) in [6.07, 6.45) is 0.441. The largest absolute Gasteiger partial charge is 0.328 e. The number of hydrogen-bond donors (Lipinski definition) is 2. The first-order valence-electron chi connectivity index (χ1n) is 10.1. The maximum absolute atomic E-state index is 12.3. The van der Waals surface area contributed by atoms with Crippen molar-refractivity contribution in [1.82, 2.24) is 20.4 Å². The van der Waals surface area contributed by atoms with Crippen LogP contribution in [0.15, 0.2) is 59.5 Å². The molecule has 7 heteroatoms. The monoisotopic (exact) mass is 430 g/mol. The molecule has 2 fully saturated rings. The molecule has 2 aliphatic heterocycles. The van der Waals surface area contributed by atoms with Crippen molar-refractivity contribution in [2.45, 2.75) is 30.2 Å². The average molecular weight is 431 g/mol. The Morgan fingerprint density at radius 2 is 1.72 bits per heavy atom. The Hall–Kier alpha value is -1.57. The van der Waals surface area contributed by atoms with Crippen molar-refractivity contribution in [3.63, 3.8) is 0 Å². The second kappa shape index (κ2) is 9.96. The van der Waals surface area contributed by atoms with Gasteiger partial charge in [-0.05, 0) is 29.8 Å². The van der Waals surface area contributed by atoms with Crippen molar-refractivity contribution in [1.29, 1.82) is 0 Å². The smallest absolute Gasteiger partial charge is 0.223 e. The predicted molar refractivity (Wildman–Crippen MR) is 119 cm³/mol. The number of halogens is 1. The molecule has 2 heterocycles. The van der Waals surface area contributed by atoms with Gasteiger partial charge >= 0.3 is 0 Å². The fourth-order valence-electron chi connectivity index (χ4n) is 3.81. The second-order valence-corrected chi connectivity index (χ2v) is 9.13. The van der Waals surface area contributed by atoms with Crippen LogP contribution in [0.1, 0.15) is 12.0 Å². The summed E-state index contributed by atoms with van der Waals surface area (Å²) in [5.74, 6) is 0.988. The lowest BCUT2D eigenvalue weighted by Crippen LogP contribution is -2.66. The van der Waals surface area contributed by atoms with Crippen LogP contribution in [0.4, 0.5) is 0 Å². The SMILES string of the molecule is O=C1CC(CSc2ccc(Cl)cc2)NC(N2CCN(Cc3ccccc3)CC2)N1. The summed E-state index contributed by atoms with van der Waals surface area (Å²) in [6, 6.07) is 18.6. The summed E-state index contributed by atoms with van der Waals surface area (Å²) < 4.78 is 0. The van der Waals surface area contributed by atoms with Gasteiger partial charge in [0.1, 0.15) is 6.29 Å². The number of carbonyl (C=O) groups excluding carboxylic acids is 1. The average Bonchev–Trinajstić information content (AvgIpc) is 2.74. The molecule has 0 saturated carbocycles. The standard InChI is InChI=1S/C22H27ClN4OS/c23-18-6-8-20(9-7-18)29-16-19-14-21(28)25-22(24-19)27-12-10-26(11-13-27)15-17-4-2-1-3-5-17/h1-9,19,22,24H,10-16H2,(H,25,28). The second-order valence-electron chi connectivity index (χ2n) is 7.60. The van der Waals surface area contributed by atoms with Gasteiger partial charge in [0, 0.05) is 60.9 Å². The van der Waals surface area contributed by atoms with E-state index >= 15 is 0 Å². The number of nitrogens with one attached hydrogen (secondary N) is 2. The quantitative estimate of drug-likeness (QED) is 0.690. The minimum Gasteiger partial charge on any atom is -0.328 e. The topological polar surface area (TPSA) is 47.6 Å². The van der Waals surface area contributed by atoms with Gasteiger partial charge in [0.25, 0.3) is 0 Å². The molecule has 4 rings (SSSR count). The van der Waals surface area contributed by atoms with E-state index < -0.39 is 0 Å². The molecule has 2 atom stereocenters. The highest BCUT2D eigenvalue weighted by molar-refractivity contribution is 7.99. The van der Waals surface area contributed by atoms with Gasteiger partial charge in [0.2, 0.25) is 5.91 Å². The van der Waals surface area contributed by atoms with Crippen molar-refractivity contribution in [2.24, 2.45) is 0 Å². The van der Waals surface area contributed by atoms with Crippen LogP contribution in [-0.4, -0.2) is 60.0 Å². The molecule has 2 aromatic carbocycles. The molecule has 0 aliphatic carbocycles. The summed E-state index contributed by atoms with van der Waals surface area (Å²) in [5, 5.41) is 7.49. The third kappa shape index (κ3) is 5.96. The van der Waals surface area contributed by atoms with Crippen molar-refractivity contribution in [2.75, 3.05) is 31.9 Å². The van der Waals surface area contributed by atoms with E-state index in [0.717, 1.165) is 43.5 Å². The van der Waals surface area contributed by atoms with E-state index in [1.165, 1.54) is 10.5 Å². The maximum Gasteiger partial charge on any atom is 0.223 e. The minimum absolute atomic E-state index is 0.0778. The van der Waals surface area contributed by atoms with Gasteiger partial charge in [-0.3, -0.25) is 19.9 Å². The zero-order valence-electron chi connectivity index (χ0n) is 16.4. The highest BCUT2D eigenvalue weighted by Crippen LogP contribution is 2.22. The molecule has 29 heavy (non-hydrogen) atoms. The zero-order valence-corrected chi connectivity index (χ0v) is 18.0. The minimum atomic E-state index is -0.0778. The normalized spacial score (nSPS) is 23.7. The van der Waals surface area contributed by atoms with Gasteiger partial charge in [-0.2, -0.15) is 0 Å². The number of piperazine rings is 1. The van der Waals surface area contributed by atoms with Crippen LogP contribution in [0.5, 0.6) is 0 Å². The lowest BCUT2D eigenvalue weighted by atomic mass is 10.1. The van der Waals surface area contributed by atoms with E-state index in [9.17, 15) is 4.79 Å². The number of rotatable bonds is 6. The first-order valence-corrected chi connectivity index (χ1v) is 11.5. The third-order valence-corrected chi connectivity index (χ3v) is 6.84. The first-order chi connectivity index (χ1) is 14.2. The van der Waals surface area contributed by atoms with E-state index in [4.69, 9.17) is 11.6 Å². The first kappa shape index (κ1) is 20.7. The molecule has 2 N–H and O–H groups in total. The van der Waals surface area contributed by atoms with Crippen molar-refractivity contribution in [3.05, 3.63) is 65.2 Å². The molecule has 1 amide bonds. The number of amides is 1. The van der Waals surface area contributed by atoms with E-state index in [1.807, 2.05) is 24.3 Å². The molecule has 0 radical (unpaired) electrons. The summed E-state index contributed by atoms with van der Waals surface area (Å²) in [7, 11) is 0. The van der Waals surface area contributed by atoms with Crippen molar-refractivity contribution >= 4 is 29.3 Å². The van der Waals surface area contributed by atoms with Crippen LogP contribution in [0, 0.1) is 0 Å². The number of hydrogen-bond acceptors (Lipinski definition) is 5. The van der Waals surface area contributed by atoms with E-state index in [-0.39, 0.29) is 18.2 Å². The number of thioether (sulfide) groups is 1. The van der Waals surface area contributed by atoms with Gasteiger partial charge in [-0.15, -0.1) is 11.8 Å². The van der Waals surface area contributed by atoms with Crippen LogP contribution >= 0.6 is 23.4 Å². The van der Waals surface area contributed by atoms with Gasteiger partial charge < -0.3 is 5.32 Å². The molecule has 2 unspecified atom stereocenters. The number of nitrogens with zero attached hydrogens (tertiary/aromatic N) is 2. The Bertz CT molecular complexity index is 796. The lowest BCUT2D eigenvalue weighted by molar-refractivity contribution is -0.127. The Balaban J connectivity index is 1.26. The highest BCUT2D eigenvalue weighted by atomic mass is 35.5. The van der Waals surface area contributed by atoms with Crippen LogP contribution in [-0.2, 0) is 11.3 Å². The number of benzene rings is 2. The van der Waals surface area contributed by atoms with Crippen molar-refractivity contribution in [3.8, 4) is 0 Å². The molecule has 2 aliphatic rings. The highest BCUT2D eigenvalue weighted by Gasteiger charge is 2.31. The molecular weight excluding hydrogens is 404 g/mol. The summed E-state index contributed by atoms with van der Waals surface area (Å²) in [4.78, 5) is 18.3. The molecule has 0 bridgehead atoms. The number of carbonyl (C=O) groups is 1. The molecular formula is C22H27ClN4OS. The van der Waals surface area contributed by atoms with E-state index in [2.05, 4.69) is 50.8 Å². The lowest BCUT2D eigenvalue weighted by Gasteiger charge is -2.43. The Kier molecular flexibility index (Phi) is 7.11. The molecule has 2 saturated heterocycles. The zero-order chi connectivity index (χ0) is 20.1. The molecule has 154 valence electrons. The third-order valence-electron chi connectivity index (χ3n) is 5.41. The molecule has 5 nitrogen and oxygen atoms in total. The fourth-order valence-corrected chi connectivity index (χ4v) is 4.87. The molecule has 0 aromatic heterocycles. The van der Waals surface area contributed by atoms with Gasteiger partial charge in [0.05, 0.1) is 0 Å². The van der Waals surface area contributed by atoms with E-state index in [0.29, 0.717) is 6.42 Å². The Labute approximate surface area is 181 Å². The van der Waals surface area contributed by atoms with E-state index in [1.54, 1.807) is 11.8 Å². The Morgan fingerprint density at radius 3 is 2.45 bits per heavy atom. The molecule has 0 spiro atoms. The summed E-state index contributed by atoms with van der Waals surface area (Å²) >= 11 is 7.72. The fraction of sp³-hybridized carbons (Fsp3) is 0.409. The Morgan fingerprint density at radius 1 is 1.00 bits per heavy atom. The maximum atomic E-state index is 12.3. The van der Waals surface area contributed by atoms with Crippen LogP contribution in [0.3, 0.4) is 0 Å². The van der Waals surface area contributed by atoms with Gasteiger partial charge in [-0.1, -0.05) is 41.9 Å².